The lowest BCUT2D eigenvalue weighted by atomic mass is 10.1. The normalized spacial score (nSPS) is 10.8. The second-order valence-electron chi connectivity index (χ2n) is 6.69. The molecule has 0 atom stereocenters. The van der Waals surface area contributed by atoms with Crippen molar-refractivity contribution in [3.63, 3.8) is 0 Å². The van der Waals surface area contributed by atoms with Crippen LogP contribution in [0.2, 0.25) is 0 Å². The average Bonchev–Trinajstić information content (AvgIpc) is 3.23. The van der Waals surface area contributed by atoms with Gasteiger partial charge >= 0.3 is 0 Å². The Bertz CT molecular complexity index is 1120. The number of methoxy groups -OCH3 is 1. The van der Waals surface area contributed by atoms with Crippen LogP contribution in [0, 0.1) is 0 Å². The summed E-state index contributed by atoms with van der Waals surface area (Å²) in [5.74, 6) is 0.762. The van der Waals surface area contributed by atoms with Gasteiger partial charge in [-0.05, 0) is 46.7 Å². The van der Waals surface area contributed by atoms with Gasteiger partial charge in [0, 0.05) is 19.3 Å². The van der Waals surface area contributed by atoms with Gasteiger partial charge in [-0.25, -0.2) is 4.98 Å². The maximum atomic E-state index is 13.0. The maximum absolute atomic E-state index is 13.0. The summed E-state index contributed by atoms with van der Waals surface area (Å²) in [4.78, 5) is 18.9. The minimum absolute atomic E-state index is 0.0730. The number of ether oxygens (including phenoxy) is 1. The minimum Gasteiger partial charge on any atom is -0.497 e. The van der Waals surface area contributed by atoms with Crippen molar-refractivity contribution in [2.75, 3.05) is 14.2 Å². The van der Waals surface area contributed by atoms with Gasteiger partial charge in [0.1, 0.15) is 11.4 Å². The summed E-state index contributed by atoms with van der Waals surface area (Å²) in [6.07, 6.45) is 3.28. The highest BCUT2D eigenvalue weighted by atomic mass is 16.5. The van der Waals surface area contributed by atoms with Gasteiger partial charge in [0.05, 0.1) is 19.6 Å². The summed E-state index contributed by atoms with van der Waals surface area (Å²) in [7, 11) is 3.47. The van der Waals surface area contributed by atoms with E-state index in [1.165, 1.54) is 0 Å². The Hall–Kier alpha value is -3.60. The molecule has 28 heavy (non-hydrogen) atoms. The van der Waals surface area contributed by atoms with Crippen molar-refractivity contribution in [3.8, 4) is 11.4 Å². The number of imidazole rings is 1. The van der Waals surface area contributed by atoms with Crippen LogP contribution in [0.4, 0.5) is 0 Å². The van der Waals surface area contributed by atoms with E-state index in [0.717, 1.165) is 27.8 Å². The molecule has 0 radical (unpaired) electrons. The SMILES string of the molecule is COc1ccc2cc(CN(C)C(=O)c3cncn3-c3ccccc3)ccc2c1. The van der Waals surface area contributed by atoms with Crippen LogP contribution < -0.4 is 4.74 Å². The van der Waals surface area contributed by atoms with Gasteiger partial charge in [-0.3, -0.25) is 9.36 Å². The molecule has 0 spiro atoms. The first-order chi connectivity index (χ1) is 13.7. The molecule has 1 aromatic heterocycles. The summed E-state index contributed by atoms with van der Waals surface area (Å²) < 4.78 is 7.09. The fourth-order valence-corrected chi connectivity index (χ4v) is 3.29. The molecule has 140 valence electrons. The standard InChI is InChI=1S/C23H21N3O2/c1-25(15-17-8-9-19-13-21(28-2)11-10-18(19)12-17)23(27)22-14-24-16-26(22)20-6-4-3-5-7-20/h3-14,16H,15H2,1-2H3. The van der Waals surface area contributed by atoms with Crippen LogP contribution in [-0.2, 0) is 6.54 Å². The summed E-state index contributed by atoms with van der Waals surface area (Å²) in [6.45, 7) is 0.515. The largest absolute Gasteiger partial charge is 0.497 e. The Kier molecular flexibility index (Phi) is 4.81. The Balaban J connectivity index is 1.56. The number of amides is 1. The van der Waals surface area contributed by atoms with Crippen molar-refractivity contribution in [3.05, 3.63) is 90.5 Å². The van der Waals surface area contributed by atoms with Crippen LogP contribution in [0.1, 0.15) is 16.1 Å². The second-order valence-corrected chi connectivity index (χ2v) is 6.69. The molecule has 4 aromatic rings. The fourth-order valence-electron chi connectivity index (χ4n) is 3.29. The molecule has 0 unspecified atom stereocenters. The van der Waals surface area contributed by atoms with Crippen molar-refractivity contribution < 1.29 is 9.53 Å². The van der Waals surface area contributed by atoms with E-state index in [-0.39, 0.29) is 5.91 Å². The van der Waals surface area contributed by atoms with E-state index in [4.69, 9.17) is 4.74 Å². The molecule has 5 nitrogen and oxygen atoms in total. The predicted molar refractivity (Wildman–Crippen MR) is 110 cm³/mol. The number of aromatic nitrogens is 2. The summed E-state index contributed by atoms with van der Waals surface area (Å²) >= 11 is 0. The predicted octanol–water partition coefficient (Wildman–Crippen LogP) is 4.31. The molecule has 0 N–H and O–H groups in total. The molecular formula is C23H21N3O2. The van der Waals surface area contributed by atoms with Crippen LogP contribution in [0.25, 0.3) is 16.5 Å². The fraction of sp³-hybridized carbons (Fsp3) is 0.130. The first-order valence-corrected chi connectivity index (χ1v) is 9.05. The maximum Gasteiger partial charge on any atom is 0.272 e. The highest BCUT2D eigenvalue weighted by molar-refractivity contribution is 5.93. The molecule has 0 aliphatic rings. The van der Waals surface area contributed by atoms with E-state index in [9.17, 15) is 4.79 Å². The molecule has 0 saturated heterocycles. The van der Waals surface area contributed by atoms with Crippen molar-refractivity contribution in [2.45, 2.75) is 6.54 Å². The van der Waals surface area contributed by atoms with Gasteiger partial charge < -0.3 is 9.64 Å². The third-order valence-electron chi connectivity index (χ3n) is 4.77. The topological polar surface area (TPSA) is 47.4 Å². The van der Waals surface area contributed by atoms with E-state index < -0.39 is 0 Å². The van der Waals surface area contributed by atoms with Crippen LogP contribution in [0.5, 0.6) is 5.75 Å². The van der Waals surface area contributed by atoms with Gasteiger partial charge in [0.25, 0.3) is 5.91 Å². The molecule has 0 fully saturated rings. The second kappa shape index (κ2) is 7.56. The highest BCUT2D eigenvalue weighted by Gasteiger charge is 2.17. The van der Waals surface area contributed by atoms with Crippen molar-refractivity contribution >= 4 is 16.7 Å². The van der Waals surface area contributed by atoms with Crippen LogP contribution in [0.3, 0.4) is 0 Å². The number of carbonyl (C=O) groups excluding carboxylic acids is 1. The summed E-state index contributed by atoms with van der Waals surface area (Å²) in [6, 6.07) is 21.9. The van der Waals surface area contributed by atoms with Gasteiger partial charge in [0.15, 0.2) is 0 Å². The lowest BCUT2D eigenvalue weighted by Crippen LogP contribution is -2.28. The molecule has 0 aliphatic carbocycles. The van der Waals surface area contributed by atoms with E-state index >= 15 is 0 Å². The van der Waals surface area contributed by atoms with Crippen LogP contribution >= 0.6 is 0 Å². The Morgan fingerprint density at radius 3 is 2.57 bits per heavy atom. The third-order valence-corrected chi connectivity index (χ3v) is 4.77. The van der Waals surface area contributed by atoms with Crippen LogP contribution in [0.15, 0.2) is 79.3 Å². The number of para-hydroxylation sites is 1. The first-order valence-electron chi connectivity index (χ1n) is 9.05. The zero-order chi connectivity index (χ0) is 19.5. The Morgan fingerprint density at radius 2 is 1.79 bits per heavy atom. The number of carbonyl (C=O) groups is 1. The van der Waals surface area contributed by atoms with E-state index in [1.54, 1.807) is 24.5 Å². The quantitative estimate of drug-likeness (QED) is 0.525. The number of hydrogen-bond donors (Lipinski definition) is 0. The molecule has 4 rings (SSSR count). The number of benzene rings is 3. The van der Waals surface area contributed by atoms with Gasteiger partial charge in [0.2, 0.25) is 0 Å². The smallest absolute Gasteiger partial charge is 0.272 e. The lowest BCUT2D eigenvalue weighted by Gasteiger charge is -2.18. The lowest BCUT2D eigenvalue weighted by molar-refractivity contribution is 0.0777. The average molecular weight is 371 g/mol. The zero-order valence-corrected chi connectivity index (χ0v) is 15.9. The molecule has 1 amide bonds. The highest BCUT2D eigenvalue weighted by Crippen LogP contribution is 2.22. The number of rotatable bonds is 5. The van der Waals surface area contributed by atoms with Crippen molar-refractivity contribution in [1.82, 2.24) is 14.5 Å². The molecule has 0 aliphatic heterocycles. The summed E-state index contributed by atoms with van der Waals surface area (Å²) in [5.41, 5.74) is 2.52. The minimum atomic E-state index is -0.0730. The van der Waals surface area contributed by atoms with E-state index in [1.807, 2.05) is 66.2 Å². The van der Waals surface area contributed by atoms with Gasteiger partial charge in [-0.15, -0.1) is 0 Å². The number of hydrogen-bond acceptors (Lipinski definition) is 3. The van der Waals surface area contributed by atoms with Crippen molar-refractivity contribution in [1.29, 1.82) is 0 Å². The number of fused-ring (bicyclic) bond motifs is 1. The first kappa shape index (κ1) is 17.8. The molecule has 0 bridgehead atoms. The van der Waals surface area contributed by atoms with Crippen molar-refractivity contribution in [2.24, 2.45) is 0 Å². The zero-order valence-electron chi connectivity index (χ0n) is 15.9. The van der Waals surface area contributed by atoms with Gasteiger partial charge in [-0.1, -0.05) is 36.4 Å². The molecular weight excluding hydrogens is 350 g/mol. The van der Waals surface area contributed by atoms with Crippen LogP contribution in [-0.4, -0.2) is 34.5 Å². The number of nitrogens with zero attached hydrogens (tertiary/aromatic N) is 3. The van der Waals surface area contributed by atoms with E-state index in [2.05, 4.69) is 17.1 Å². The Labute approximate surface area is 163 Å². The Morgan fingerprint density at radius 1 is 1.04 bits per heavy atom. The van der Waals surface area contributed by atoms with Gasteiger partial charge in [-0.2, -0.15) is 0 Å². The summed E-state index contributed by atoms with van der Waals surface area (Å²) in [5, 5.41) is 2.23. The van der Waals surface area contributed by atoms with E-state index in [0.29, 0.717) is 12.2 Å². The molecule has 3 aromatic carbocycles. The molecule has 0 saturated carbocycles. The third kappa shape index (κ3) is 3.47. The monoisotopic (exact) mass is 371 g/mol. The molecule has 5 heteroatoms. The molecule has 1 heterocycles.